The van der Waals surface area contributed by atoms with Crippen LogP contribution >= 0.6 is 11.3 Å². The molecule has 4 nitrogen and oxygen atoms in total. The molecule has 0 bridgehead atoms. The van der Waals surface area contributed by atoms with Gasteiger partial charge in [0, 0.05) is 16.8 Å². The van der Waals surface area contributed by atoms with Gasteiger partial charge in [-0.25, -0.2) is 14.2 Å². The van der Waals surface area contributed by atoms with Crippen molar-refractivity contribution in [3.63, 3.8) is 0 Å². The van der Waals surface area contributed by atoms with Gasteiger partial charge in [-0.3, -0.25) is 0 Å². The third-order valence-electron chi connectivity index (χ3n) is 2.74. The van der Waals surface area contributed by atoms with E-state index < -0.39 is 11.8 Å². The van der Waals surface area contributed by atoms with Crippen molar-refractivity contribution in [2.24, 2.45) is 0 Å². The van der Waals surface area contributed by atoms with Crippen LogP contribution in [0.4, 0.5) is 10.1 Å². The molecule has 1 N–H and O–H groups in total. The van der Waals surface area contributed by atoms with Gasteiger partial charge in [-0.15, -0.1) is 11.3 Å². The molecule has 0 saturated carbocycles. The predicted molar refractivity (Wildman–Crippen MR) is 76.6 cm³/mol. The Hall–Kier alpha value is -1.95. The Bertz CT molecular complexity index is 613. The molecule has 0 aliphatic rings. The Labute approximate surface area is 120 Å². The minimum Gasteiger partial charge on any atom is -0.465 e. The normalized spacial score (nSPS) is 10.3. The molecule has 1 heterocycles. The van der Waals surface area contributed by atoms with Crippen LogP contribution in [0.5, 0.6) is 0 Å². The van der Waals surface area contributed by atoms with Crippen LogP contribution in [-0.2, 0) is 17.7 Å². The highest BCUT2D eigenvalue weighted by molar-refractivity contribution is 7.11. The van der Waals surface area contributed by atoms with E-state index in [4.69, 9.17) is 0 Å². The van der Waals surface area contributed by atoms with Crippen molar-refractivity contribution in [1.29, 1.82) is 0 Å². The lowest BCUT2D eigenvalue weighted by Gasteiger charge is -2.09. The SMILES string of the molecule is CCc1ncc(CNc2ccc(F)cc2C(=O)OC)s1. The van der Waals surface area contributed by atoms with Crippen molar-refractivity contribution in [3.05, 3.63) is 45.7 Å². The largest absolute Gasteiger partial charge is 0.465 e. The number of carbonyl (C=O) groups is 1. The molecule has 2 aromatic rings. The van der Waals surface area contributed by atoms with Crippen LogP contribution in [0.1, 0.15) is 27.2 Å². The number of hydrogen-bond donors (Lipinski definition) is 1. The third-order valence-corrected chi connectivity index (χ3v) is 3.89. The fraction of sp³-hybridized carbons (Fsp3) is 0.286. The van der Waals surface area contributed by atoms with Gasteiger partial charge in [0.15, 0.2) is 0 Å². The zero-order valence-corrected chi connectivity index (χ0v) is 12.1. The van der Waals surface area contributed by atoms with Crippen molar-refractivity contribution in [2.45, 2.75) is 19.9 Å². The highest BCUT2D eigenvalue weighted by atomic mass is 32.1. The van der Waals surface area contributed by atoms with E-state index in [1.165, 1.54) is 19.2 Å². The molecular weight excluding hydrogens is 279 g/mol. The monoisotopic (exact) mass is 294 g/mol. The Balaban J connectivity index is 2.14. The first-order valence-electron chi connectivity index (χ1n) is 6.19. The van der Waals surface area contributed by atoms with E-state index in [9.17, 15) is 9.18 Å². The number of hydrogen-bond acceptors (Lipinski definition) is 5. The number of nitrogens with zero attached hydrogens (tertiary/aromatic N) is 1. The number of ether oxygens (including phenoxy) is 1. The fourth-order valence-corrected chi connectivity index (χ4v) is 2.53. The molecule has 0 radical (unpaired) electrons. The molecule has 0 aliphatic carbocycles. The van der Waals surface area contributed by atoms with Crippen LogP contribution in [-0.4, -0.2) is 18.1 Å². The molecule has 6 heteroatoms. The number of aromatic nitrogens is 1. The van der Waals surface area contributed by atoms with Crippen LogP contribution in [0.15, 0.2) is 24.4 Å². The van der Waals surface area contributed by atoms with Crippen molar-refractivity contribution < 1.29 is 13.9 Å². The first-order chi connectivity index (χ1) is 9.63. The van der Waals surface area contributed by atoms with Gasteiger partial charge in [0.2, 0.25) is 0 Å². The van der Waals surface area contributed by atoms with E-state index in [-0.39, 0.29) is 5.56 Å². The van der Waals surface area contributed by atoms with Gasteiger partial charge in [-0.1, -0.05) is 6.92 Å². The minimum atomic E-state index is -0.564. The topological polar surface area (TPSA) is 51.2 Å². The first-order valence-corrected chi connectivity index (χ1v) is 7.01. The van der Waals surface area contributed by atoms with Gasteiger partial charge >= 0.3 is 5.97 Å². The number of thiazole rings is 1. The maximum Gasteiger partial charge on any atom is 0.340 e. The highest BCUT2D eigenvalue weighted by Crippen LogP contribution is 2.20. The number of rotatable bonds is 5. The minimum absolute atomic E-state index is 0.188. The summed E-state index contributed by atoms with van der Waals surface area (Å²) in [6.45, 7) is 2.58. The molecule has 20 heavy (non-hydrogen) atoms. The second-order valence-corrected chi connectivity index (χ2v) is 5.31. The zero-order valence-electron chi connectivity index (χ0n) is 11.3. The molecule has 0 fully saturated rings. The second kappa shape index (κ2) is 6.47. The summed E-state index contributed by atoms with van der Waals surface area (Å²) in [6, 6.07) is 4.00. The smallest absolute Gasteiger partial charge is 0.340 e. The van der Waals surface area contributed by atoms with Crippen molar-refractivity contribution >= 4 is 23.0 Å². The Morgan fingerprint density at radius 3 is 2.95 bits per heavy atom. The van der Waals surface area contributed by atoms with Gasteiger partial charge in [0.1, 0.15) is 5.82 Å². The van der Waals surface area contributed by atoms with Crippen molar-refractivity contribution in [3.8, 4) is 0 Å². The predicted octanol–water partition coefficient (Wildman–Crippen LogP) is 3.24. The molecular formula is C14H15FN2O2S. The summed E-state index contributed by atoms with van der Waals surface area (Å²) in [7, 11) is 1.27. The lowest BCUT2D eigenvalue weighted by molar-refractivity contribution is 0.0601. The summed E-state index contributed by atoms with van der Waals surface area (Å²) in [6.07, 6.45) is 2.70. The lowest BCUT2D eigenvalue weighted by atomic mass is 10.1. The summed E-state index contributed by atoms with van der Waals surface area (Å²) in [5, 5.41) is 4.18. The third kappa shape index (κ3) is 3.33. The Morgan fingerprint density at radius 2 is 2.30 bits per heavy atom. The number of methoxy groups -OCH3 is 1. The summed E-state index contributed by atoms with van der Waals surface area (Å²) >= 11 is 1.61. The highest BCUT2D eigenvalue weighted by Gasteiger charge is 2.13. The molecule has 1 aromatic carbocycles. The molecule has 0 saturated heterocycles. The maximum atomic E-state index is 13.2. The number of aryl methyl sites for hydroxylation is 1. The Kier molecular flexibility index (Phi) is 4.68. The van der Waals surface area contributed by atoms with Crippen LogP contribution in [0, 0.1) is 5.82 Å². The zero-order chi connectivity index (χ0) is 14.5. The average Bonchev–Trinajstić information content (AvgIpc) is 2.93. The van der Waals surface area contributed by atoms with E-state index >= 15 is 0 Å². The number of carbonyl (C=O) groups excluding carboxylic acids is 1. The fourth-order valence-electron chi connectivity index (χ4n) is 1.73. The van der Waals surface area contributed by atoms with E-state index in [1.807, 2.05) is 6.92 Å². The van der Waals surface area contributed by atoms with Crippen LogP contribution in [0.3, 0.4) is 0 Å². The summed E-state index contributed by atoms with van der Waals surface area (Å²) in [4.78, 5) is 16.9. The standard InChI is InChI=1S/C14H15FN2O2S/c1-3-13-17-8-10(20-13)7-16-12-5-4-9(15)6-11(12)14(18)19-2/h4-6,8,16H,3,7H2,1-2H3. The number of halogens is 1. The van der Waals surface area contributed by atoms with Gasteiger partial charge in [0.05, 0.1) is 24.2 Å². The summed E-state index contributed by atoms with van der Waals surface area (Å²) < 4.78 is 17.9. The van der Waals surface area contributed by atoms with E-state index in [0.29, 0.717) is 12.2 Å². The Morgan fingerprint density at radius 1 is 1.50 bits per heavy atom. The lowest BCUT2D eigenvalue weighted by Crippen LogP contribution is -2.08. The number of nitrogens with one attached hydrogen (secondary N) is 1. The molecule has 0 atom stereocenters. The quantitative estimate of drug-likeness (QED) is 0.860. The van der Waals surface area contributed by atoms with Gasteiger partial charge < -0.3 is 10.1 Å². The molecule has 0 amide bonds. The van der Waals surface area contributed by atoms with Gasteiger partial charge in [-0.2, -0.15) is 0 Å². The molecule has 1 aromatic heterocycles. The molecule has 0 aliphatic heterocycles. The van der Waals surface area contributed by atoms with Crippen molar-refractivity contribution in [1.82, 2.24) is 4.98 Å². The second-order valence-electron chi connectivity index (χ2n) is 4.11. The average molecular weight is 294 g/mol. The van der Waals surface area contributed by atoms with Gasteiger partial charge in [-0.05, 0) is 24.6 Å². The maximum absolute atomic E-state index is 13.2. The van der Waals surface area contributed by atoms with E-state index in [2.05, 4.69) is 15.0 Å². The molecule has 2 rings (SSSR count). The number of anilines is 1. The van der Waals surface area contributed by atoms with Crippen molar-refractivity contribution in [2.75, 3.05) is 12.4 Å². The van der Waals surface area contributed by atoms with E-state index in [1.54, 1.807) is 17.5 Å². The molecule has 0 unspecified atom stereocenters. The first kappa shape index (κ1) is 14.5. The van der Waals surface area contributed by atoms with Crippen LogP contribution in [0.25, 0.3) is 0 Å². The van der Waals surface area contributed by atoms with Crippen LogP contribution in [0.2, 0.25) is 0 Å². The summed E-state index contributed by atoms with van der Waals surface area (Å²) in [5.41, 5.74) is 0.734. The molecule has 0 spiro atoms. The van der Waals surface area contributed by atoms with Crippen LogP contribution < -0.4 is 5.32 Å². The molecule has 106 valence electrons. The van der Waals surface area contributed by atoms with Gasteiger partial charge in [0.25, 0.3) is 0 Å². The number of esters is 1. The van der Waals surface area contributed by atoms with E-state index in [0.717, 1.165) is 22.4 Å². The number of benzene rings is 1. The summed E-state index contributed by atoms with van der Waals surface area (Å²) in [5.74, 6) is -1.03.